The van der Waals surface area contributed by atoms with Crippen molar-refractivity contribution in [2.45, 2.75) is 380 Å². The Morgan fingerprint density at radius 2 is 0.581 bits per heavy atom. The molecule has 0 aliphatic carbocycles. The van der Waals surface area contributed by atoms with Gasteiger partial charge in [0.25, 0.3) is 0 Å². The minimum Gasteiger partial charge on any atom is -0.462 e. The number of phosphoric ester groups is 2. The van der Waals surface area contributed by atoms with E-state index < -0.39 is 97.5 Å². The fourth-order valence-electron chi connectivity index (χ4n) is 10.8. The summed E-state index contributed by atoms with van der Waals surface area (Å²) in [5.41, 5.74) is 0. The number of unbranched alkanes of at least 4 members (excludes halogenated alkanes) is 41. The Hall–Kier alpha value is -2.46. The van der Waals surface area contributed by atoms with Crippen LogP contribution in [0.4, 0.5) is 0 Å². The van der Waals surface area contributed by atoms with Gasteiger partial charge in [0, 0.05) is 25.7 Å². The van der Waals surface area contributed by atoms with Crippen molar-refractivity contribution in [3.63, 3.8) is 0 Å². The average Bonchev–Trinajstić information content (AvgIpc) is 1.94. The highest BCUT2D eigenvalue weighted by Gasteiger charge is 2.30. The largest absolute Gasteiger partial charge is 0.472 e. The van der Waals surface area contributed by atoms with E-state index in [1.165, 1.54) is 167 Å². The molecule has 5 atom stereocenters. The highest BCUT2D eigenvalue weighted by Crippen LogP contribution is 2.45. The molecule has 0 aromatic heterocycles. The number of hydrogen-bond acceptors (Lipinski definition) is 15. The molecular weight excluding hydrogens is 1220 g/mol. The van der Waals surface area contributed by atoms with E-state index in [1.807, 2.05) is 0 Å². The Morgan fingerprint density at radius 3 is 0.882 bits per heavy atom. The van der Waals surface area contributed by atoms with Crippen molar-refractivity contribution >= 4 is 39.5 Å². The minimum atomic E-state index is -4.96. The molecule has 0 saturated heterocycles. The number of carbonyl (C=O) groups is 4. The van der Waals surface area contributed by atoms with Crippen LogP contribution in [-0.2, 0) is 65.4 Å². The van der Waals surface area contributed by atoms with Crippen LogP contribution in [0.2, 0.25) is 0 Å². The topological polar surface area (TPSA) is 237 Å². The fraction of sp³-hybridized carbons (Fsp3) is 0.892. The summed E-state index contributed by atoms with van der Waals surface area (Å²) >= 11 is 0. The van der Waals surface area contributed by atoms with Gasteiger partial charge in [-0.05, 0) is 57.3 Å². The zero-order chi connectivity index (χ0) is 68.4. The summed E-state index contributed by atoms with van der Waals surface area (Å²) in [7, 11) is -9.91. The van der Waals surface area contributed by atoms with Crippen LogP contribution in [0.15, 0.2) is 24.3 Å². The number of phosphoric acid groups is 2. The molecule has 0 aliphatic heterocycles. The van der Waals surface area contributed by atoms with Gasteiger partial charge in [-0.25, -0.2) is 9.13 Å². The fourth-order valence-corrected chi connectivity index (χ4v) is 12.4. The molecule has 19 heteroatoms. The maximum Gasteiger partial charge on any atom is 0.472 e. The predicted molar refractivity (Wildman–Crippen MR) is 377 cm³/mol. The van der Waals surface area contributed by atoms with E-state index in [2.05, 4.69) is 58.9 Å². The standard InChI is InChI=1S/C74H140O17P2/c1-6-9-12-15-18-21-24-25-27-31-34-39-43-48-53-58-72(77)85-64-70(91-74(79)60-55-50-45-40-35-32-29-26-28-30-33-36-41-46-51-56-67(4)5)66-89-93(82,83)87-62-68(75)61-86-92(80,81)88-65-69(90-73(78)59-54-49-44-38-23-20-17-14-11-8-3)63-84-71(76)57-52-47-42-37-22-19-16-13-10-7-2/h21,24-25,27,67-70,75H,6-20,22-23,26,28-66H2,1-5H3,(H,80,81)(H,82,83)/b24-21-,27-25-/t68-,69+,70+/m0/s1. The summed E-state index contributed by atoms with van der Waals surface area (Å²) in [6, 6.07) is 0. The monoisotopic (exact) mass is 1360 g/mol. The summed E-state index contributed by atoms with van der Waals surface area (Å²) in [5, 5.41) is 10.6. The number of rotatable bonds is 72. The molecule has 0 saturated carbocycles. The van der Waals surface area contributed by atoms with E-state index in [-0.39, 0.29) is 25.7 Å². The van der Waals surface area contributed by atoms with E-state index >= 15 is 0 Å². The van der Waals surface area contributed by atoms with Gasteiger partial charge >= 0.3 is 39.5 Å². The molecule has 0 fully saturated rings. The predicted octanol–water partition coefficient (Wildman–Crippen LogP) is 21.2. The van der Waals surface area contributed by atoms with Gasteiger partial charge in [0.1, 0.15) is 19.3 Å². The van der Waals surface area contributed by atoms with Gasteiger partial charge in [0.15, 0.2) is 12.2 Å². The first-order valence-electron chi connectivity index (χ1n) is 38.0. The summed E-state index contributed by atoms with van der Waals surface area (Å²) in [6.45, 7) is 7.22. The van der Waals surface area contributed by atoms with E-state index in [0.717, 1.165) is 115 Å². The normalized spacial score (nSPS) is 14.2. The minimum absolute atomic E-state index is 0.101. The molecule has 548 valence electrons. The summed E-state index contributed by atoms with van der Waals surface area (Å²) in [4.78, 5) is 72.6. The van der Waals surface area contributed by atoms with E-state index in [0.29, 0.717) is 25.7 Å². The van der Waals surface area contributed by atoms with Gasteiger partial charge in [0.2, 0.25) is 0 Å². The van der Waals surface area contributed by atoms with E-state index in [1.54, 1.807) is 0 Å². The third-order valence-corrected chi connectivity index (χ3v) is 18.6. The maximum absolute atomic E-state index is 13.1. The van der Waals surface area contributed by atoms with Crippen molar-refractivity contribution in [2.24, 2.45) is 5.92 Å². The van der Waals surface area contributed by atoms with Crippen LogP contribution in [0.5, 0.6) is 0 Å². The Balaban J connectivity index is 5.25. The van der Waals surface area contributed by atoms with Crippen LogP contribution >= 0.6 is 15.6 Å². The first kappa shape index (κ1) is 90.5. The van der Waals surface area contributed by atoms with Gasteiger partial charge in [-0.1, -0.05) is 309 Å². The van der Waals surface area contributed by atoms with E-state index in [4.69, 9.17) is 37.0 Å². The van der Waals surface area contributed by atoms with Crippen molar-refractivity contribution in [3.05, 3.63) is 24.3 Å². The first-order valence-corrected chi connectivity index (χ1v) is 40.9. The van der Waals surface area contributed by atoms with Gasteiger partial charge in [-0.15, -0.1) is 0 Å². The van der Waals surface area contributed by atoms with Crippen LogP contribution in [-0.4, -0.2) is 96.7 Å². The van der Waals surface area contributed by atoms with Crippen LogP contribution in [0.3, 0.4) is 0 Å². The third-order valence-electron chi connectivity index (χ3n) is 16.7. The second-order valence-corrected chi connectivity index (χ2v) is 29.4. The highest BCUT2D eigenvalue weighted by atomic mass is 31.2. The number of hydrogen-bond donors (Lipinski definition) is 3. The molecule has 0 aromatic carbocycles. The molecule has 0 aliphatic rings. The molecule has 0 heterocycles. The SMILES string of the molecule is CCCCCC/C=C\C=C/CCCCCCCC(=O)OC[C@H](COP(=O)(O)OC[C@@H](O)COP(=O)(O)OC[C@@H](COC(=O)CCCCCCCCCCCC)OC(=O)CCCCCCCCCCCC)OC(=O)CCCCCCCCCCCCCCCCCC(C)C. The van der Waals surface area contributed by atoms with E-state index in [9.17, 15) is 43.2 Å². The molecule has 93 heavy (non-hydrogen) atoms. The number of esters is 4. The molecule has 3 N–H and O–H groups in total. The zero-order valence-electron chi connectivity index (χ0n) is 59.9. The summed E-state index contributed by atoms with van der Waals surface area (Å²) < 4.78 is 68.3. The molecule has 0 aromatic rings. The molecule has 2 unspecified atom stereocenters. The second-order valence-electron chi connectivity index (χ2n) is 26.5. The highest BCUT2D eigenvalue weighted by molar-refractivity contribution is 7.47. The Labute approximate surface area is 567 Å². The zero-order valence-corrected chi connectivity index (χ0v) is 61.7. The summed E-state index contributed by atoms with van der Waals surface area (Å²) in [6.07, 6.45) is 57.6. The smallest absolute Gasteiger partial charge is 0.462 e. The maximum atomic E-state index is 13.1. The van der Waals surface area contributed by atoms with Gasteiger partial charge in [0.05, 0.1) is 26.4 Å². The number of carbonyl (C=O) groups excluding carboxylic acids is 4. The molecule has 0 amide bonds. The van der Waals surface area contributed by atoms with Crippen molar-refractivity contribution in [1.82, 2.24) is 0 Å². The van der Waals surface area contributed by atoms with Crippen molar-refractivity contribution in [2.75, 3.05) is 39.6 Å². The van der Waals surface area contributed by atoms with Crippen molar-refractivity contribution < 1.29 is 80.2 Å². The Kier molecular flexibility index (Phi) is 65.0. The lowest BCUT2D eigenvalue weighted by Crippen LogP contribution is -2.30. The third kappa shape index (κ3) is 67.9. The number of aliphatic hydroxyl groups is 1. The molecule has 17 nitrogen and oxygen atoms in total. The van der Waals surface area contributed by atoms with Crippen molar-refractivity contribution in [1.29, 1.82) is 0 Å². The lowest BCUT2D eigenvalue weighted by molar-refractivity contribution is -0.161. The van der Waals surface area contributed by atoms with Gasteiger partial charge < -0.3 is 33.8 Å². The Morgan fingerprint density at radius 1 is 0.333 bits per heavy atom. The van der Waals surface area contributed by atoms with Crippen LogP contribution < -0.4 is 0 Å². The molecule has 0 radical (unpaired) electrons. The summed E-state index contributed by atoms with van der Waals surface area (Å²) in [5.74, 6) is -1.35. The Bertz CT molecular complexity index is 1880. The number of ether oxygens (including phenoxy) is 4. The van der Waals surface area contributed by atoms with Gasteiger partial charge in [-0.2, -0.15) is 0 Å². The first-order chi connectivity index (χ1) is 45.0. The molecule has 0 spiro atoms. The number of aliphatic hydroxyl groups excluding tert-OH is 1. The second kappa shape index (κ2) is 66.8. The van der Waals surface area contributed by atoms with Crippen LogP contribution in [0.1, 0.15) is 362 Å². The van der Waals surface area contributed by atoms with Crippen molar-refractivity contribution in [3.8, 4) is 0 Å². The number of allylic oxidation sites excluding steroid dienone is 4. The molecule has 0 rings (SSSR count). The molecular formula is C74H140O17P2. The average molecular weight is 1360 g/mol. The molecule has 0 bridgehead atoms. The lowest BCUT2D eigenvalue weighted by atomic mass is 10.0. The lowest BCUT2D eigenvalue weighted by Gasteiger charge is -2.21. The van der Waals surface area contributed by atoms with Crippen LogP contribution in [0, 0.1) is 5.92 Å². The quantitative estimate of drug-likeness (QED) is 0.0169. The van der Waals surface area contributed by atoms with Gasteiger partial charge in [-0.3, -0.25) is 37.3 Å². The van der Waals surface area contributed by atoms with Crippen LogP contribution in [0.25, 0.3) is 0 Å².